The third-order valence-corrected chi connectivity index (χ3v) is 8.88. The number of rotatable bonds is 6. The lowest BCUT2D eigenvalue weighted by Crippen LogP contribution is -2.29. The maximum absolute atomic E-state index is 2.27. The highest BCUT2D eigenvalue weighted by atomic mass is 14.9. The standard InChI is InChI=1S/C42H38N2/c1-29(2)31-13-17-35(18-14-31)43-25-21-33(22-26-43)41-37-9-5-7-11-39(37)42(40-12-8-6-10-38(40)41)34-23-27-44(28-24-34)36-19-15-32(16-20-36)30(3)4/h5-30H,1-4H3/q+2. The first-order valence-corrected chi connectivity index (χ1v) is 15.7. The molecule has 214 valence electrons. The third kappa shape index (κ3) is 5.07. The molecule has 5 aromatic carbocycles. The van der Waals surface area contributed by atoms with Crippen LogP contribution in [-0.2, 0) is 0 Å². The van der Waals surface area contributed by atoms with E-state index in [0.29, 0.717) is 11.8 Å². The fraction of sp³-hybridized carbons (Fsp3) is 0.143. The molecular formula is C42H38N2+2. The highest BCUT2D eigenvalue weighted by molar-refractivity contribution is 6.21. The van der Waals surface area contributed by atoms with Crippen LogP contribution in [0.2, 0.25) is 0 Å². The molecule has 0 fully saturated rings. The molecule has 0 radical (unpaired) electrons. The molecule has 0 aliphatic carbocycles. The molecule has 0 amide bonds. The molecule has 0 saturated carbocycles. The van der Waals surface area contributed by atoms with Crippen LogP contribution >= 0.6 is 0 Å². The van der Waals surface area contributed by atoms with Gasteiger partial charge in [-0.15, -0.1) is 0 Å². The van der Waals surface area contributed by atoms with Gasteiger partial charge in [-0.3, -0.25) is 0 Å². The van der Waals surface area contributed by atoms with Crippen LogP contribution in [0.25, 0.3) is 55.2 Å². The summed E-state index contributed by atoms with van der Waals surface area (Å²) in [5.41, 5.74) is 10.0. The normalized spacial score (nSPS) is 11.6. The number of benzene rings is 5. The van der Waals surface area contributed by atoms with Crippen molar-refractivity contribution >= 4 is 21.5 Å². The molecule has 7 rings (SSSR count). The van der Waals surface area contributed by atoms with Gasteiger partial charge in [0.2, 0.25) is 11.4 Å². The maximum atomic E-state index is 2.27. The SMILES string of the molecule is CC(C)c1ccc(-[n+]2ccc(-c3c4ccccc4c(-c4cc[n+](-c5ccc(C(C)C)cc5)cc4)c4ccccc34)cc2)cc1. The van der Waals surface area contributed by atoms with Crippen molar-refractivity contribution in [1.82, 2.24) is 0 Å². The molecule has 0 unspecified atom stereocenters. The summed E-state index contributed by atoms with van der Waals surface area (Å²) >= 11 is 0. The average Bonchev–Trinajstić information content (AvgIpc) is 3.07. The minimum absolute atomic E-state index is 0.527. The molecule has 0 aliphatic rings. The van der Waals surface area contributed by atoms with Crippen molar-refractivity contribution in [1.29, 1.82) is 0 Å². The summed E-state index contributed by atoms with van der Waals surface area (Å²) in [4.78, 5) is 0. The van der Waals surface area contributed by atoms with Crippen LogP contribution in [0.4, 0.5) is 0 Å². The molecular weight excluding hydrogens is 532 g/mol. The highest BCUT2D eigenvalue weighted by Crippen LogP contribution is 2.43. The van der Waals surface area contributed by atoms with E-state index in [1.165, 1.54) is 66.3 Å². The minimum Gasteiger partial charge on any atom is -0.167 e. The Bertz CT molecular complexity index is 1860. The Morgan fingerprint density at radius 3 is 0.932 bits per heavy atom. The number of hydrogen-bond acceptors (Lipinski definition) is 0. The van der Waals surface area contributed by atoms with E-state index >= 15 is 0 Å². The van der Waals surface area contributed by atoms with Crippen molar-refractivity contribution in [3.8, 4) is 33.6 Å². The Labute approximate surface area is 260 Å². The topological polar surface area (TPSA) is 7.76 Å². The van der Waals surface area contributed by atoms with Crippen molar-refractivity contribution in [2.45, 2.75) is 39.5 Å². The molecule has 0 atom stereocenters. The number of aromatic nitrogens is 2. The first kappa shape index (κ1) is 27.7. The van der Waals surface area contributed by atoms with Gasteiger partial charge in [0, 0.05) is 48.5 Å². The molecule has 2 heterocycles. The van der Waals surface area contributed by atoms with Crippen LogP contribution in [0.5, 0.6) is 0 Å². The van der Waals surface area contributed by atoms with Crippen LogP contribution in [-0.4, -0.2) is 0 Å². The zero-order valence-corrected chi connectivity index (χ0v) is 25.9. The summed E-state index contributed by atoms with van der Waals surface area (Å²) in [7, 11) is 0. The molecule has 0 saturated heterocycles. The van der Waals surface area contributed by atoms with E-state index in [0.717, 1.165) is 0 Å². The van der Waals surface area contributed by atoms with Crippen LogP contribution in [0.3, 0.4) is 0 Å². The summed E-state index contributed by atoms with van der Waals surface area (Å²) in [6.07, 6.45) is 8.73. The lowest BCUT2D eigenvalue weighted by molar-refractivity contribution is -0.595. The number of hydrogen-bond donors (Lipinski definition) is 0. The number of fused-ring (bicyclic) bond motifs is 2. The third-order valence-electron chi connectivity index (χ3n) is 8.88. The molecule has 0 N–H and O–H groups in total. The zero-order valence-electron chi connectivity index (χ0n) is 25.9. The van der Waals surface area contributed by atoms with E-state index in [1.807, 2.05) is 0 Å². The summed E-state index contributed by atoms with van der Waals surface area (Å²) < 4.78 is 4.39. The van der Waals surface area contributed by atoms with Crippen molar-refractivity contribution < 1.29 is 9.13 Å². The van der Waals surface area contributed by atoms with Crippen molar-refractivity contribution in [2.75, 3.05) is 0 Å². The Morgan fingerprint density at radius 1 is 0.364 bits per heavy atom. The van der Waals surface area contributed by atoms with Crippen molar-refractivity contribution in [3.05, 3.63) is 157 Å². The second kappa shape index (κ2) is 11.5. The van der Waals surface area contributed by atoms with E-state index in [1.54, 1.807) is 0 Å². The second-order valence-corrected chi connectivity index (χ2v) is 12.3. The molecule has 7 aromatic rings. The van der Waals surface area contributed by atoms with Gasteiger partial charge in [-0.25, -0.2) is 0 Å². The van der Waals surface area contributed by atoms with Gasteiger partial charge in [0.15, 0.2) is 24.8 Å². The molecule has 2 nitrogen and oxygen atoms in total. The Kier molecular flexibility index (Phi) is 7.28. The first-order chi connectivity index (χ1) is 21.5. The van der Waals surface area contributed by atoms with Crippen LogP contribution < -0.4 is 9.13 Å². The predicted octanol–water partition coefficient (Wildman–Crippen LogP) is 10.1. The summed E-state index contributed by atoms with van der Waals surface area (Å²) in [5.74, 6) is 1.05. The number of nitrogens with zero attached hydrogens (tertiary/aromatic N) is 2. The van der Waals surface area contributed by atoms with Gasteiger partial charge in [0.05, 0.1) is 0 Å². The van der Waals surface area contributed by atoms with Crippen LogP contribution in [0.15, 0.2) is 146 Å². The largest absolute Gasteiger partial charge is 0.210 e. The van der Waals surface area contributed by atoms with E-state index in [2.05, 4.69) is 183 Å². The molecule has 44 heavy (non-hydrogen) atoms. The first-order valence-electron chi connectivity index (χ1n) is 15.7. The van der Waals surface area contributed by atoms with Crippen LogP contribution in [0.1, 0.15) is 50.7 Å². The van der Waals surface area contributed by atoms with Crippen LogP contribution in [0, 0.1) is 0 Å². The Hall–Kier alpha value is -5.08. The maximum Gasteiger partial charge on any atom is 0.210 e. The van der Waals surface area contributed by atoms with Gasteiger partial charge in [0.25, 0.3) is 0 Å². The smallest absolute Gasteiger partial charge is 0.167 e. The van der Waals surface area contributed by atoms with Crippen molar-refractivity contribution in [2.24, 2.45) is 0 Å². The van der Waals surface area contributed by atoms with E-state index in [-0.39, 0.29) is 0 Å². The fourth-order valence-corrected chi connectivity index (χ4v) is 6.34. The van der Waals surface area contributed by atoms with E-state index in [4.69, 9.17) is 0 Å². The lowest BCUT2D eigenvalue weighted by atomic mass is 9.86. The quantitative estimate of drug-likeness (QED) is 0.139. The second-order valence-electron chi connectivity index (χ2n) is 12.3. The average molecular weight is 571 g/mol. The minimum atomic E-state index is 0.527. The van der Waals surface area contributed by atoms with E-state index < -0.39 is 0 Å². The van der Waals surface area contributed by atoms with Gasteiger partial charge in [-0.2, -0.15) is 9.13 Å². The van der Waals surface area contributed by atoms with Crippen molar-refractivity contribution in [3.63, 3.8) is 0 Å². The van der Waals surface area contributed by atoms with Gasteiger partial charge in [-0.1, -0.05) is 100 Å². The Morgan fingerprint density at radius 2 is 0.659 bits per heavy atom. The molecule has 0 spiro atoms. The zero-order chi connectivity index (χ0) is 30.2. The highest BCUT2D eigenvalue weighted by Gasteiger charge is 2.18. The summed E-state index contributed by atoms with van der Waals surface area (Å²) in [5, 5.41) is 5.06. The molecule has 2 aromatic heterocycles. The number of pyridine rings is 2. The van der Waals surface area contributed by atoms with E-state index in [9.17, 15) is 0 Å². The molecule has 0 bridgehead atoms. The monoisotopic (exact) mass is 570 g/mol. The molecule has 0 aliphatic heterocycles. The van der Waals surface area contributed by atoms with Gasteiger partial charge in [-0.05, 0) is 66.8 Å². The molecule has 2 heteroatoms. The van der Waals surface area contributed by atoms with Gasteiger partial charge < -0.3 is 0 Å². The van der Waals surface area contributed by atoms with Gasteiger partial charge in [0.1, 0.15) is 0 Å². The Balaban J connectivity index is 1.32. The summed E-state index contributed by atoms with van der Waals surface area (Å²) in [6, 6.07) is 44.5. The fourth-order valence-electron chi connectivity index (χ4n) is 6.34. The lowest BCUT2D eigenvalue weighted by Gasteiger charge is -2.17. The predicted molar refractivity (Wildman–Crippen MR) is 184 cm³/mol. The van der Waals surface area contributed by atoms with Gasteiger partial charge >= 0.3 is 0 Å². The summed E-state index contributed by atoms with van der Waals surface area (Å²) in [6.45, 7) is 8.93.